The Kier molecular flexibility index (Phi) is 43.3. The summed E-state index contributed by atoms with van der Waals surface area (Å²) in [5.41, 5.74) is 0. The molecule has 1 heterocycles. The maximum atomic E-state index is 13.0. The highest BCUT2D eigenvalue weighted by molar-refractivity contribution is 5.74. The lowest BCUT2D eigenvalue weighted by Crippen LogP contribution is -2.61. The minimum Gasteiger partial charge on any atom is -0.479 e. The van der Waals surface area contributed by atoms with E-state index in [9.17, 15) is 34.5 Å². The van der Waals surface area contributed by atoms with E-state index in [1.807, 2.05) is 0 Å². The van der Waals surface area contributed by atoms with Crippen LogP contribution < -0.4 is 0 Å². The Morgan fingerprint density at radius 1 is 0.479 bits per heavy atom. The van der Waals surface area contributed by atoms with E-state index in [1.165, 1.54) is 38.5 Å². The summed E-state index contributed by atoms with van der Waals surface area (Å²) in [5.74, 6) is -3.15. The van der Waals surface area contributed by atoms with Crippen LogP contribution in [-0.4, -0.2) is 89.2 Å². The molecule has 6 atom stereocenters. The van der Waals surface area contributed by atoms with Crippen molar-refractivity contribution in [3.05, 3.63) is 72.9 Å². The molecule has 406 valence electrons. The van der Waals surface area contributed by atoms with E-state index in [0.29, 0.717) is 19.3 Å². The first-order valence-corrected chi connectivity index (χ1v) is 27.9. The Labute approximate surface area is 429 Å². The van der Waals surface area contributed by atoms with Gasteiger partial charge < -0.3 is 39.0 Å². The molecule has 12 heteroatoms. The average molecular weight is 999 g/mol. The molecular weight excluding hydrogens is 901 g/mol. The molecule has 1 saturated heterocycles. The topological polar surface area (TPSA) is 175 Å². The Bertz CT molecular complexity index is 1510. The number of carboxylic acids is 1. The number of esters is 3. The summed E-state index contributed by atoms with van der Waals surface area (Å²) in [4.78, 5) is 50.9. The zero-order valence-corrected chi connectivity index (χ0v) is 44.4. The van der Waals surface area contributed by atoms with E-state index in [2.05, 4.69) is 93.7 Å². The van der Waals surface area contributed by atoms with Crippen molar-refractivity contribution < 1.29 is 58.2 Å². The molecule has 0 saturated carbocycles. The van der Waals surface area contributed by atoms with Gasteiger partial charge in [0.1, 0.15) is 18.8 Å². The SMILES string of the molecule is CC/C=C\C/C=C\C/C=C\CCCCCCCCCC(=O)OCC(COC1OC(C(=O)O)C(O)C(O)C1OC(=O)CCCCCCC/C=C\C/C=C\C/C=C\CC)OC(=O)CCCCCCCCCCC. The van der Waals surface area contributed by atoms with Crippen LogP contribution in [0.1, 0.15) is 226 Å². The van der Waals surface area contributed by atoms with Gasteiger partial charge in [-0.3, -0.25) is 14.4 Å². The summed E-state index contributed by atoms with van der Waals surface area (Å²) < 4.78 is 28.3. The Hall–Kier alpha value is -3.84. The number of aliphatic hydroxyl groups excluding tert-OH is 2. The number of carbonyl (C=O) groups excluding carboxylic acids is 3. The fourth-order valence-corrected chi connectivity index (χ4v) is 8.04. The average Bonchev–Trinajstić information content (AvgIpc) is 3.35. The summed E-state index contributed by atoms with van der Waals surface area (Å²) >= 11 is 0. The summed E-state index contributed by atoms with van der Waals surface area (Å²) in [7, 11) is 0. The van der Waals surface area contributed by atoms with Gasteiger partial charge in [-0.1, -0.05) is 196 Å². The van der Waals surface area contributed by atoms with Crippen LogP contribution in [0, 0.1) is 0 Å². The zero-order chi connectivity index (χ0) is 51.8. The minimum atomic E-state index is -1.91. The van der Waals surface area contributed by atoms with Crippen LogP contribution in [0.25, 0.3) is 0 Å². The number of carbonyl (C=O) groups is 4. The van der Waals surface area contributed by atoms with Gasteiger partial charge in [-0.15, -0.1) is 0 Å². The van der Waals surface area contributed by atoms with Gasteiger partial charge in [0.25, 0.3) is 0 Å². The smallest absolute Gasteiger partial charge is 0.335 e. The van der Waals surface area contributed by atoms with Gasteiger partial charge >= 0.3 is 23.9 Å². The first-order chi connectivity index (χ1) is 34.6. The quantitative estimate of drug-likeness (QED) is 0.0228. The molecule has 3 N–H and O–H groups in total. The van der Waals surface area contributed by atoms with Gasteiger partial charge in [0.05, 0.1) is 6.61 Å². The zero-order valence-electron chi connectivity index (χ0n) is 44.4. The third kappa shape index (κ3) is 37.6. The first-order valence-electron chi connectivity index (χ1n) is 27.9. The van der Waals surface area contributed by atoms with Crippen LogP contribution >= 0.6 is 0 Å². The number of aliphatic hydroxyl groups is 2. The highest BCUT2D eigenvalue weighted by atomic mass is 16.7. The van der Waals surface area contributed by atoms with Gasteiger partial charge in [-0.2, -0.15) is 0 Å². The molecule has 71 heavy (non-hydrogen) atoms. The molecule has 1 fully saturated rings. The van der Waals surface area contributed by atoms with Gasteiger partial charge in [-0.25, -0.2) is 4.79 Å². The van der Waals surface area contributed by atoms with Crippen molar-refractivity contribution in [1.82, 2.24) is 0 Å². The Balaban J connectivity index is 2.68. The van der Waals surface area contributed by atoms with Crippen molar-refractivity contribution in [2.45, 2.75) is 263 Å². The fraction of sp³-hybridized carbons (Fsp3) is 0.729. The molecule has 0 radical (unpaired) electrons. The molecule has 1 aliphatic heterocycles. The van der Waals surface area contributed by atoms with E-state index in [1.54, 1.807) is 0 Å². The van der Waals surface area contributed by atoms with E-state index in [4.69, 9.17) is 23.7 Å². The number of rotatable bonds is 46. The van der Waals surface area contributed by atoms with E-state index >= 15 is 0 Å². The number of unbranched alkanes of at least 4 members (excludes halogenated alkanes) is 20. The van der Waals surface area contributed by atoms with Crippen molar-refractivity contribution in [3.8, 4) is 0 Å². The number of aliphatic carboxylic acids is 1. The molecule has 12 nitrogen and oxygen atoms in total. The van der Waals surface area contributed by atoms with E-state index in [-0.39, 0.29) is 25.9 Å². The molecule has 0 amide bonds. The third-order valence-corrected chi connectivity index (χ3v) is 12.3. The van der Waals surface area contributed by atoms with Crippen molar-refractivity contribution in [2.75, 3.05) is 13.2 Å². The van der Waals surface area contributed by atoms with Crippen molar-refractivity contribution in [2.24, 2.45) is 0 Å². The second kappa shape index (κ2) is 47.2. The van der Waals surface area contributed by atoms with E-state index < -0.39 is 67.3 Å². The lowest BCUT2D eigenvalue weighted by molar-refractivity contribution is -0.301. The second-order valence-corrected chi connectivity index (χ2v) is 18.8. The van der Waals surface area contributed by atoms with Crippen molar-refractivity contribution >= 4 is 23.9 Å². The third-order valence-electron chi connectivity index (χ3n) is 12.3. The van der Waals surface area contributed by atoms with Crippen LogP contribution in [0.4, 0.5) is 0 Å². The Morgan fingerprint density at radius 3 is 1.35 bits per heavy atom. The molecule has 1 rings (SSSR count). The van der Waals surface area contributed by atoms with Gasteiger partial charge in [0, 0.05) is 19.3 Å². The minimum absolute atomic E-state index is 0.0391. The molecule has 1 aliphatic rings. The highest BCUT2D eigenvalue weighted by Gasteiger charge is 2.50. The molecular formula is C59H98O12. The summed E-state index contributed by atoms with van der Waals surface area (Å²) in [6.07, 6.45) is 46.0. The van der Waals surface area contributed by atoms with Crippen LogP contribution in [0.2, 0.25) is 0 Å². The van der Waals surface area contributed by atoms with Gasteiger partial charge in [0.2, 0.25) is 0 Å². The molecule has 0 spiro atoms. The molecule has 0 bridgehead atoms. The molecule has 0 aromatic carbocycles. The lowest BCUT2D eigenvalue weighted by Gasteiger charge is -2.40. The number of hydrogen-bond acceptors (Lipinski definition) is 11. The van der Waals surface area contributed by atoms with Gasteiger partial charge in [-0.05, 0) is 83.5 Å². The maximum absolute atomic E-state index is 13.0. The number of hydrogen-bond donors (Lipinski definition) is 3. The van der Waals surface area contributed by atoms with Crippen molar-refractivity contribution in [1.29, 1.82) is 0 Å². The predicted molar refractivity (Wildman–Crippen MR) is 285 cm³/mol. The summed E-state index contributed by atoms with van der Waals surface area (Å²) in [5, 5.41) is 31.4. The van der Waals surface area contributed by atoms with Crippen LogP contribution in [-0.2, 0) is 42.9 Å². The fourth-order valence-electron chi connectivity index (χ4n) is 8.04. The monoisotopic (exact) mass is 999 g/mol. The highest BCUT2D eigenvalue weighted by Crippen LogP contribution is 2.26. The van der Waals surface area contributed by atoms with Crippen LogP contribution in [0.3, 0.4) is 0 Å². The maximum Gasteiger partial charge on any atom is 0.335 e. The molecule has 0 aliphatic carbocycles. The molecule has 0 aromatic rings. The van der Waals surface area contributed by atoms with Crippen molar-refractivity contribution in [3.63, 3.8) is 0 Å². The lowest BCUT2D eigenvalue weighted by atomic mass is 9.98. The largest absolute Gasteiger partial charge is 0.479 e. The normalized spacial score (nSPS) is 19.0. The second-order valence-electron chi connectivity index (χ2n) is 18.8. The first kappa shape index (κ1) is 65.2. The van der Waals surface area contributed by atoms with E-state index in [0.717, 1.165) is 128 Å². The van der Waals surface area contributed by atoms with Gasteiger partial charge in [0.15, 0.2) is 24.6 Å². The predicted octanol–water partition coefficient (Wildman–Crippen LogP) is 13.8. The van der Waals surface area contributed by atoms with Crippen LogP contribution in [0.15, 0.2) is 72.9 Å². The standard InChI is InChI=1S/C59H98O12/c1-4-7-10-13-16-19-21-23-25-26-28-29-31-34-36-39-42-45-51(60)67-48-50(69-52(61)46-43-40-37-33-18-15-12-9-6-3)49-68-59-57(55(64)54(63)56(71-59)58(65)66)70-53(62)47-44-41-38-35-32-30-27-24-22-20-17-14-11-8-5-2/h7-8,10-11,16-17,19-20,23-25,27,50,54-57,59,63-64H,4-6,9,12-15,18,21-22,26,28-49H2,1-3H3,(H,65,66)/b10-7-,11-8-,19-16-,20-17-,25-23-,27-24-. The van der Waals surface area contributed by atoms with Crippen LogP contribution in [0.5, 0.6) is 0 Å². The summed E-state index contributed by atoms with van der Waals surface area (Å²) in [6, 6.07) is 0. The number of allylic oxidation sites excluding steroid dienone is 12. The molecule has 0 aromatic heterocycles. The number of carboxylic acid groups (broad SMARTS) is 1. The molecule has 6 unspecified atom stereocenters. The number of ether oxygens (including phenoxy) is 5. The summed E-state index contributed by atoms with van der Waals surface area (Å²) in [6.45, 7) is 5.72. The Morgan fingerprint density at radius 2 is 0.887 bits per heavy atom.